The zero-order valence-electron chi connectivity index (χ0n) is 15.4. The first-order valence-corrected chi connectivity index (χ1v) is 10.5. The van der Waals surface area contributed by atoms with E-state index < -0.39 is 0 Å². The van der Waals surface area contributed by atoms with Gasteiger partial charge in [-0.1, -0.05) is 29.0 Å². The number of carbonyl (C=O) groups is 1. The van der Waals surface area contributed by atoms with Gasteiger partial charge in [-0.15, -0.1) is 0 Å². The van der Waals surface area contributed by atoms with Crippen molar-refractivity contribution < 1.29 is 19.0 Å². The predicted molar refractivity (Wildman–Crippen MR) is 109 cm³/mol. The van der Waals surface area contributed by atoms with Crippen LogP contribution in [0.25, 0.3) is 10.2 Å². The van der Waals surface area contributed by atoms with Crippen molar-refractivity contribution >= 4 is 44.2 Å². The van der Waals surface area contributed by atoms with Gasteiger partial charge in [0.15, 0.2) is 5.13 Å². The lowest BCUT2D eigenvalue weighted by atomic mass is 10.3. The molecule has 1 saturated heterocycles. The molecule has 0 aliphatic carbocycles. The molecular weight excluding hydrogens is 402 g/mol. The van der Waals surface area contributed by atoms with Crippen LogP contribution in [0.5, 0.6) is 0 Å². The quantitative estimate of drug-likeness (QED) is 0.711. The number of rotatable bonds is 6. The van der Waals surface area contributed by atoms with Gasteiger partial charge in [-0.2, -0.15) is 0 Å². The van der Waals surface area contributed by atoms with Crippen LogP contribution < -0.4 is 4.90 Å². The highest BCUT2D eigenvalue weighted by atomic mass is 35.5. The monoisotopic (exact) mass is 423 g/mol. The minimum atomic E-state index is -0.239. The van der Waals surface area contributed by atoms with E-state index in [0.717, 1.165) is 44.0 Å². The Labute approximate surface area is 172 Å². The summed E-state index contributed by atoms with van der Waals surface area (Å²) in [6, 6.07) is 5.65. The number of benzene rings is 1. The number of fused-ring (bicyclic) bond motifs is 1. The molecule has 0 radical (unpaired) electrons. The highest BCUT2D eigenvalue weighted by Crippen LogP contribution is 2.33. The van der Waals surface area contributed by atoms with Crippen LogP contribution in [0.2, 0.25) is 5.02 Å². The summed E-state index contributed by atoms with van der Waals surface area (Å²) in [5.41, 5.74) is 0.713. The number of carbonyl (C=O) groups excluding carboxylic acids is 1. The number of aromatic nitrogens is 1. The third kappa shape index (κ3) is 4.41. The van der Waals surface area contributed by atoms with Gasteiger partial charge in [-0.3, -0.25) is 14.6 Å². The molecule has 150 valence electrons. The van der Waals surface area contributed by atoms with Crippen molar-refractivity contribution in [3.05, 3.63) is 35.2 Å². The summed E-state index contributed by atoms with van der Waals surface area (Å²) in [5.74, 6) is -0.0279. The fourth-order valence-corrected chi connectivity index (χ4v) is 4.48. The van der Waals surface area contributed by atoms with Gasteiger partial charge in [0.25, 0.3) is 5.91 Å². The number of halogens is 1. The first-order chi connectivity index (χ1) is 13.7. The van der Waals surface area contributed by atoms with Crippen LogP contribution in [0.3, 0.4) is 0 Å². The maximum atomic E-state index is 13.1. The van der Waals surface area contributed by atoms with E-state index in [0.29, 0.717) is 35.4 Å². The lowest BCUT2D eigenvalue weighted by Gasteiger charge is -2.28. The summed E-state index contributed by atoms with van der Waals surface area (Å²) in [6.07, 6.45) is 2.21. The number of ether oxygens (including phenoxy) is 3. The van der Waals surface area contributed by atoms with Crippen LogP contribution >= 0.6 is 22.9 Å². The van der Waals surface area contributed by atoms with Crippen molar-refractivity contribution in [2.75, 3.05) is 57.5 Å². The molecule has 0 N–H and O–H groups in total. The zero-order valence-corrected chi connectivity index (χ0v) is 17.0. The smallest absolute Gasteiger partial charge is 0.298 e. The van der Waals surface area contributed by atoms with Crippen molar-refractivity contribution in [2.45, 2.75) is 6.42 Å². The van der Waals surface area contributed by atoms with E-state index in [4.69, 9.17) is 25.8 Å². The van der Waals surface area contributed by atoms with Gasteiger partial charge < -0.3 is 14.2 Å². The number of hydrogen-bond donors (Lipinski definition) is 0. The van der Waals surface area contributed by atoms with Crippen molar-refractivity contribution in [1.82, 2.24) is 9.88 Å². The van der Waals surface area contributed by atoms with Crippen LogP contribution in [0.15, 0.2) is 30.2 Å². The molecule has 2 aromatic rings. The van der Waals surface area contributed by atoms with Crippen LogP contribution in [-0.2, 0) is 19.0 Å². The first kappa shape index (κ1) is 19.4. The molecule has 9 heteroatoms. The second-order valence-electron chi connectivity index (χ2n) is 6.55. The SMILES string of the molecule is O=C(C1=COCCO1)N(CCCN1CCOCC1)c1nc2c(Cl)cccc2s1. The number of amides is 1. The van der Waals surface area contributed by atoms with Crippen LogP contribution in [0.4, 0.5) is 5.13 Å². The summed E-state index contributed by atoms with van der Waals surface area (Å²) < 4.78 is 17.1. The van der Waals surface area contributed by atoms with E-state index in [9.17, 15) is 4.79 Å². The summed E-state index contributed by atoms with van der Waals surface area (Å²) in [5, 5.41) is 1.20. The molecule has 2 aliphatic heterocycles. The molecule has 7 nitrogen and oxygen atoms in total. The molecule has 1 fully saturated rings. The maximum absolute atomic E-state index is 13.1. The lowest BCUT2D eigenvalue weighted by Crippen LogP contribution is -2.40. The molecule has 0 unspecified atom stereocenters. The number of anilines is 1. The third-order valence-corrected chi connectivity index (χ3v) is 6.00. The third-order valence-electron chi connectivity index (χ3n) is 4.65. The molecule has 4 rings (SSSR count). The van der Waals surface area contributed by atoms with Crippen molar-refractivity contribution in [3.63, 3.8) is 0 Å². The molecular formula is C19H22ClN3O4S. The number of hydrogen-bond acceptors (Lipinski definition) is 7. The van der Waals surface area contributed by atoms with Gasteiger partial charge in [0.2, 0.25) is 5.76 Å². The van der Waals surface area contributed by atoms with Crippen LogP contribution in [0, 0.1) is 0 Å². The second-order valence-corrected chi connectivity index (χ2v) is 7.97. The summed E-state index contributed by atoms with van der Waals surface area (Å²) in [7, 11) is 0. The van der Waals surface area contributed by atoms with E-state index in [2.05, 4.69) is 9.88 Å². The molecule has 0 saturated carbocycles. The topological polar surface area (TPSA) is 64.1 Å². The highest BCUT2D eigenvalue weighted by molar-refractivity contribution is 7.22. The minimum Gasteiger partial charge on any atom is -0.494 e. The summed E-state index contributed by atoms with van der Waals surface area (Å²) in [4.78, 5) is 21.7. The lowest BCUT2D eigenvalue weighted by molar-refractivity contribution is -0.119. The minimum absolute atomic E-state index is 0.211. The summed E-state index contributed by atoms with van der Waals surface area (Å²) >= 11 is 7.73. The fourth-order valence-electron chi connectivity index (χ4n) is 3.19. The zero-order chi connectivity index (χ0) is 19.3. The molecule has 0 bridgehead atoms. The van der Waals surface area contributed by atoms with Crippen molar-refractivity contribution in [3.8, 4) is 0 Å². The Morgan fingerprint density at radius 3 is 2.86 bits per heavy atom. The Kier molecular flexibility index (Phi) is 6.31. The standard InChI is InChI=1S/C19H22ClN3O4S/c20-14-3-1-4-16-17(14)21-19(28-16)23(18(24)15-13-26-11-12-27-15)6-2-5-22-7-9-25-10-8-22/h1,3-4,13H,2,5-12H2. The molecule has 1 amide bonds. The van der Waals surface area contributed by atoms with Gasteiger partial charge in [-0.25, -0.2) is 4.98 Å². The molecule has 3 heterocycles. The van der Waals surface area contributed by atoms with E-state index in [-0.39, 0.29) is 11.7 Å². The average Bonchev–Trinajstić information content (AvgIpc) is 3.17. The number of para-hydroxylation sites is 1. The Morgan fingerprint density at radius 2 is 2.11 bits per heavy atom. The van der Waals surface area contributed by atoms with E-state index in [1.165, 1.54) is 17.6 Å². The first-order valence-electron chi connectivity index (χ1n) is 9.34. The van der Waals surface area contributed by atoms with Gasteiger partial charge in [0, 0.05) is 26.2 Å². The van der Waals surface area contributed by atoms with Crippen molar-refractivity contribution in [2.24, 2.45) is 0 Å². The maximum Gasteiger partial charge on any atom is 0.298 e. The molecule has 2 aliphatic rings. The summed E-state index contributed by atoms with van der Waals surface area (Å²) in [6.45, 7) is 5.62. The molecule has 1 aromatic carbocycles. The van der Waals surface area contributed by atoms with Gasteiger partial charge in [0.05, 0.1) is 22.9 Å². The van der Waals surface area contributed by atoms with Gasteiger partial charge >= 0.3 is 0 Å². The largest absolute Gasteiger partial charge is 0.494 e. The predicted octanol–water partition coefficient (Wildman–Crippen LogP) is 2.89. The molecule has 1 aromatic heterocycles. The van der Waals surface area contributed by atoms with E-state index >= 15 is 0 Å². The van der Waals surface area contributed by atoms with Crippen LogP contribution in [0.1, 0.15) is 6.42 Å². The molecule has 0 spiro atoms. The normalized spacial score (nSPS) is 17.7. The Bertz CT molecular complexity index is 866. The Balaban J connectivity index is 1.53. The average molecular weight is 424 g/mol. The van der Waals surface area contributed by atoms with Gasteiger partial charge in [-0.05, 0) is 18.6 Å². The fraction of sp³-hybridized carbons (Fsp3) is 0.474. The van der Waals surface area contributed by atoms with Crippen molar-refractivity contribution in [1.29, 1.82) is 0 Å². The van der Waals surface area contributed by atoms with E-state index in [1.54, 1.807) is 11.0 Å². The number of nitrogens with zero attached hydrogens (tertiary/aromatic N) is 3. The number of morpholine rings is 1. The van der Waals surface area contributed by atoms with E-state index in [1.807, 2.05) is 12.1 Å². The van der Waals surface area contributed by atoms with Crippen LogP contribution in [-0.4, -0.2) is 68.4 Å². The molecule has 0 atom stereocenters. The number of thiazole rings is 1. The van der Waals surface area contributed by atoms with Gasteiger partial charge in [0.1, 0.15) is 25.0 Å². The Hall–Kier alpha value is -1.87. The molecule has 28 heavy (non-hydrogen) atoms. The Morgan fingerprint density at radius 1 is 1.25 bits per heavy atom. The second kappa shape index (κ2) is 9.09. The highest BCUT2D eigenvalue weighted by Gasteiger charge is 2.26.